The average Bonchev–Trinajstić information content (AvgIpc) is 2.41. The largest absolute Gasteiger partial charge is 0.506 e. The van der Waals surface area contributed by atoms with Crippen molar-refractivity contribution in [3.05, 3.63) is 24.8 Å². The number of phenols is 1. The Morgan fingerprint density at radius 1 is 1.26 bits per heavy atom. The number of amides is 1. The predicted octanol–water partition coefficient (Wildman–Crippen LogP) is 3.21. The number of aromatic hydroxyl groups is 1. The van der Waals surface area contributed by atoms with E-state index in [1.165, 1.54) is 7.11 Å². The van der Waals surface area contributed by atoms with Gasteiger partial charge in [0.15, 0.2) is 0 Å². The van der Waals surface area contributed by atoms with Crippen molar-refractivity contribution in [3.8, 4) is 5.75 Å². The second kappa shape index (κ2) is 8.36. The van der Waals surface area contributed by atoms with Crippen molar-refractivity contribution >= 4 is 57.2 Å². The molecule has 0 heterocycles. The standard InChI is InChI=1S/C15H19I2NO5/c1-15(2,3)23-14(21)18-11(13(20)22-4)7-8-5-9(16)12(19)10(17)6-8/h5-6,11,19H,7H2,1-4H3,(H,18,21)/t11-/m0/s1/i5+1,6+1,7+1,8+1,9+1,10+1,11+1,12+1,13+1,18+1. The van der Waals surface area contributed by atoms with Gasteiger partial charge in [-0.3, -0.25) is 0 Å². The van der Waals surface area contributed by atoms with Crippen molar-refractivity contribution in [1.82, 2.24) is 5.32 Å². The molecule has 1 amide bonds. The molecule has 1 atom stereocenters. The number of ether oxygens (including phenoxy) is 2. The first kappa shape index (κ1) is 20.3. The summed E-state index contributed by atoms with van der Waals surface area (Å²) in [5.74, 6) is -0.362. The van der Waals surface area contributed by atoms with E-state index in [2.05, 4.69) is 5.32 Å². The molecule has 128 valence electrons. The number of methoxy groups -OCH3 is 1. The minimum absolute atomic E-state index is 0.199. The number of esters is 1. The van der Waals surface area contributed by atoms with Gasteiger partial charge in [-0.05, 0) is 83.6 Å². The fourth-order valence-electron chi connectivity index (χ4n) is 1.76. The van der Waals surface area contributed by atoms with Crippen LogP contribution in [0.2, 0.25) is 0 Å². The summed E-state index contributed by atoms with van der Waals surface area (Å²) in [5, 5.41) is 12.3. The zero-order valence-electron chi connectivity index (χ0n) is 13.3. The van der Waals surface area contributed by atoms with E-state index in [4.69, 9.17) is 9.47 Å². The highest BCUT2D eigenvalue weighted by Gasteiger charge is 2.25. The van der Waals surface area contributed by atoms with Crippen LogP contribution in [0.1, 0.15) is 26.3 Å². The van der Waals surface area contributed by atoms with Gasteiger partial charge in [0.05, 0.1) is 14.3 Å². The number of alkyl carbamates (subject to hydrolysis) is 1. The molecule has 0 bridgehead atoms. The van der Waals surface area contributed by atoms with E-state index in [0.29, 0.717) is 7.14 Å². The number of rotatable bonds is 4. The van der Waals surface area contributed by atoms with Crippen LogP contribution in [0.4, 0.5) is 4.79 Å². The maximum atomic E-state index is 11.9. The zero-order chi connectivity index (χ0) is 17.8. The van der Waals surface area contributed by atoms with Gasteiger partial charge in [0, 0.05) is 6.42 Å². The third-order valence-corrected chi connectivity index (χ3v) is 4.34. The minimum atomic E-state index is -0.869. The van der Waals surface area contributed by atoms with Crippen molar-refractivity contribution in [2.24, 2.45) is 0 Å². The molecule has 0 unspecified atom stereocenters. The van der Waals surface area contributed by atoms with Crippen LogP contribution in [-0.2, 0) is 20.7 Å². The number of carbonyl (C=O) groups excluding carboxylic acids is 2. The lowest BCUT2D eigenvalue weighted by atomic mass is 10.2. The Morgan fingerprint density at radius 3 is 2.22 bits per heavy atom. The third-order valence-electron chi connectivity index (χ3n) is 2.69. The lowest BCUT2D eigenvalue weighted by Gasteiger charge is -2.22. The molecule has 1 aromatic carbocycles. The molecule has 0 fully saturated rings. The fraction of sp³-hybridized carbons (Fsp3) is 0.467. The Kier molecular flexibility index (Phi) is 7.36. The molecule has 0 saturated carbocycles. The van der Waals surface area contributed by atoms with Gasteiger partial charge in [-0.2, -0.15) is 0 Å². The van der Waals surface area contributed by atoms with Crippen LogP contribution >= 0.6 is 45.2 Å². The molecule has 2 N–H and O–H groups in total. The van der Waals surface area contributed by atoms with Gasteiger partial charge in [0.25, 0.3) is 0 Å². The first-order chi connectivity index (χ1) is 10.5. The monoisotopic (exact) mass is 557 g/mol. The van der Waals surface area contributed by atoms with Crippen molar-refractivity contribution in [3.63, 3.8) is 0 Å². The third kappa shape index (κ3) is 6.69. The van der Waals surface area contributed by atoms with Crippen LogP contribution in [0.3, 0.4) is 0 Å². The number of benzene rings is 1. The molecule has 8 heteroatoms. The van der Waals surface area contributed by atoms with Gasteiger partial charge in [-0.15, -0.1) is 0 Å². The van der Waals surface area contributed by atoms with Gasteiger partial charge in [-0.1, -0.05) is 0 Å². The number of carbonyl (C=O) groups is 2. The van der Waals surface area contributed by atoms with Crippen molar-refractivity contribution < 1.29 is 24.2 Å². The summed E-state index contributed by atoms with van der Waals surface area (Å²) in [4.78, 5) is 23.8. The summed E-state index contributed by atoms with van der Waals surface area (Å²) >= 11 is 4.02. The van der Waals surface area contributed by atoms with E-state index in [9.17, 15) is 14.7 Å². The highest BCUT2D eigenvalue weighted by Crippen LogP contribution is 2.28. The van der Waals surface area contributed by atoms with E-state index in [1.54, 1.807) is 32.9 Å². The summed E-state index contributed by atoms with van der Waals surface area (Å²) in [6.07, 6.45) is -0.450. The first-order valence-electron chi connectivity index (χ1n) is 6.77. The molecule has 23 heavy (non-hydrogen) atoms. The van der Waals surface area contributed by atoms with Gasteiger partial charge in [0.1, 0.15) is 17.4 Å². The lowest BCUT2D eigenvalue weighted by Crippen LogP contribution is -2.45. The Hall–Kier alpha value is -0.780. The maximum absolute atomic E-state index is 11.9. The molecule has 1 rings (SSSR count). The molecule has 0 aromatic heterocycles. The first-order valence-corrected chi connectivity index (χ1v) is 8.93. The smallest absolute Gasteiger partial charge is 0.408 e. The van der Waals surface area contributed by atoms with E-state index in [-0.39, 0.29) is 12.2 Å². The quantitative estimate of drug-likeness (QED) is 0.257. The lowest BCUT2D eigenvalue weighted by molar-refractivity contribution is -0.143. The second-order valence-corrected chi connectivity index (χ2v) is 8.16. The van der Waals surface area contributed by atoms with Crippen LogP contribution in [-0.4, -0.2) is 35.9 Å². The van der Waals surface area contributed by atoms with Crippen molar-refractivity contribution in [1.29, 1.82) is 0 Å². The summed E-state index contributed by atoms with van der Waals surface area (Å²) in [6, 6.07) is 2.64. The van der Waals surface area contributed by atoms with Crippen molar-refractivity contribution in [2.75, 3.05) is 7.11 Å². The molecule has 6 nitrogen and oxygen atoms in total. The summed E-state index contributed by atoms with van der Waals surface area (Å²) in [7, 11) is 1.26. The number of hydrogen-bond donors (Lipinski definition) is 2. The van der Waals surface area contributed by atoms with Crippen molar-refractivity contribution in [2.45, 2.75) is 38.8 Å². The van der Waals surface area contributed by atoms with Crippen LogP contribution in [0.5, 0.6) is 5.75 Å². The predicted molar refractivity (Wildman–Crippen MR) is 102 cm³/mol. The van der Waals surface area contributed by atoms with Gasteiger partial charge in [-0.25, -0.2) is 9.59 Å². The van der Waals surface area contributed by atoms with E-state index in [1.807, 2.05) is 45.2 Å². The summed E-state index contributed by atoms with van der Waals surface area (Å²) < 4.78 is 11.2. The van der Waals surface area contributed by atoms with E-state index >= 15 is 0 Å². The molecular formula is C15H19I2NO5. The average molecular weight is 557 g/mol. The molecule has 0 spiro atoms. The summed E-state index contributed by atoms with van der Waals surface area (Å²) in [6.45, 7) is 5.22. The Morgan fingerprint density at radius 2 is 1.78 bits per heavy atom. The number of hydrogen-bond acceptors (Lipinski definition) is 5. The molecule has 1 aromatic rings. The Balaban J connectivity index is 2.92. The van der Waals surface area contributed by atoms with E-state index < -0.39 is 23.7 Å². The van der Waals surface area contributed by atoms with E-state index in [0.717, 1.165) is 5.56 Å². The SMILES string of the molecule is CO[13C](=O)[13C@H]([13CH2][13c]1[13cH][13c](I)[13c](O)[13c](I)[13cH]1)[15NH]C(=O)OC(C)(C)C. The molecule has 0 saturated heterocycles. The zero-order valence-corrected chi connectivity index (χ0v) is 17.6. The van der Waals surface area contributed by atoms with Crippen LogP contribution in [0.25, 0.3) is 0 Å². The van der Waals surface area contributed by atoms with Gasteiger partial charge >= 0.3 is 12.1 Å². The second-order valence-electron chi connectivity index (χ2n) is 5.83. The summed E-state index contributed by atoms with van der Waals surface area (Å²) in [5.41, 5.74) is 0.136. The molecule has 0 aliphatic carbocycles. The molecule has 0 aliphatic rings. The van der Waals surface area contributed by atoms with Crippen LogP contribution in [0, 0.1) is 7.14 Å². The minimum Gasteiger partial charge on any atom is -0.506 e. The highest BCUT2D eigenvalue weighted by atomic mass is 127. The molecule has 0 radical (unpaired) electrons. The van der Waals surface area contributed by atoms with Crippen LogP contribution in [0.15, 0.2) is 12.1 Å². The number of halogens is 2. The number of phenolic OH excluding ortho intramolecular Hbond substituents is 1. The van der Waals surface area contributed by atoms with Gasteiger partial charge in [0.2, 0.25) is 0 Å². The van der Waals surface area contributed by atoms with Gasteiger partial charge < -0.3 is 19.9 Å². The Labute approximate surface area is 162 Å². The molecular weight excluding hydrogens is 538 g/mol. The topological polar surface area (TPSA) is 84.9 Å². The fourth-order valence-corrected chi connectivity index (χ4v) is 3.65. The normalized spacial score (nSPS) is 12.4. The highest BCUT2D eigenvalue weighted by molar-refractivity contribution is 14.1. The Bertz CT molecular complexity index is 575. The number of nitrogens with one attached hydrogen (secondary N) is 1. The maximum Gasteiger partial charge on any atom is 0.408 e. The molecule has 0 aliphatic heterocycles. The van der Waals surface area contributed by atoms with Crippen LogP contribution < -0.4 is 5.32 Å².